The van der Waals surface area contributed by atoms with Crippen molar-refractivity contribution < 1.29 is 18.9 Å². The zero-order valence-corrected chi connectivity index (χ0v) is 18.8. The molecule has 0 saturated heterocycles. The van der Waals surface area contributed by atoms with E-state index in [1.165, 1.54) is 0 Å². The quantitative estimate of drug-likeness (QED) is 0.438. The van der Waals surface area contributed by atoms with E-state index in [0.717, 1.165) is 32.7 Å². The number of hydrogen-bond acceptors (Lipinski definition) is 5. The highest BCUT2D eigenvalue weighted by Crippen LogP contribution is 2.35. The van der Waals surface area contributed by atoms with Gasteiger partial charge in [-0.2, -0.15) is 0 Å². The average Bonchev–Trinajstić information content (AvgIpc) is 3.21. The number of halogens is 2. The molecule has 0 unspecified atom stereocenters. The number of methoxy groups -OCH3 is 1. The van der Waals surface area contributed by atoms with Crippen molar-refractivity contribution in [2.24, 2.45) is 0 Å². The maximum absolute atomic E-state index is 6.04. The van der Waals surface area contributed by atoms with Crippen LogP contribution in [0.3, 0.4) is 0 Å². The van der Waals surface area contributed by atoms with Gasteiger partial charge in [0.15, 0.2) is 23.0 Å². The standard InChI is InChI=1S/C23H21BrClNO4/c1-27-21-9-17(12-26-11-15-5-6-20-22(8-15)30-14-29-20)19(24)10-23(21)28-13-16-3-2-4-18(25)7-16/h2-10,26H,11-14H2,1H3. The van der Waals surface area contributed by atoms with Gasteiger partial charge in [-0.05, 0) is 53.1 Å². The molecule has 0 aromatic heterocycles. The minimum Gasteiger partial charge on any atom is -0.493 e. The third kappa shape index (κ3) is 5.01. The summed E-state index contributed by atoms with van der Waals surface area (Å²) in [7, 11) is 1.64. The normalized spacial score (nSPS) is 12.1. The summed E-state index contributed by atoms with van der Waals surface area (Å²) < 4.78 is 23.2. The second-order valence-corrected chi connectivity index (χ2v) is 8.10. The number of rotatable bonds is 8. The molecule has 0 atom stereocenters. The monoisotopic (exact) mass is 489 g/mol. The van der Waals surface area contributed by atoms with Crippen molar-refractivity contribution >= 4 is 27.5 Å². The molecule has 0 spiro atoms. The van der Waals surface area contributed by atoms with E-state index in [1.807, 2.05) is 54.6 Å². The van der Waals surface area contributed by atoms with E-state index in [0.29, 0.717) is 36.2 Å². The summed E-state index contributed by atoms with van der Waals surface area (Å²) in [5.74, 6) is 2.93. The third-order valence-electron chi connectivity index (χ3n) is 4.70. The average molecular weight is 491 g/mol. The van der Waals surface area contributed by atoms with Crippen LogP contribution in [0.1, 0.15) is 16.7 Å². The molecule has 156 valence electrons. The lowest BCUT2D eigenvalue weighted by Gasteiger charge is -2.15. The van der Waals surface area contributed by atoms with Gasteiger partial charge in [-0.1, -0.05) is 45.7 Å². The molecule has 3 aromatic carbocycles. The summed E-state index contributed by atoms with van der Waals surface area (Å²) >= 11 is 9.69. The lowest BCUT2D eigenvalue weighted by Crippen LogP contribution is -2.13. The Labute approximate surface area is 189 Å². The van der Waals surface area contributed by atoms with Crippen molar-refractivity contribution in [3.8, 4) is 23.0 Å². The Morgan fingerprint density at radius 1 is 0.967 bits per heavy atom. The highest BCUT2D eigenvalue weighted by atomic mass is 79.9. The van der Waals surface area contributed by atoms with Gasteiger partial charge in [-0.15, -0.1) is 0 Å². The minimum absolute atomic E-state index is 0.282. The van der Waals surface area contributed by atoms with Gasteiger partial charge in [0.25, 0.3) is 0 Å². The van der Waals surface area contributed by atoms with Crippen LogP contribution in [0.4, 0.5) is 0 Å². The van der Waals surface area contributed by atoms with Crippen molar-refractivity contribution in [1.82, 2.24) is 5.32 Å². The number of benzene rings is 3. The molecule has 1 heterocycles. The van der Waals surface area contributed by atoms with Crippen molar-refractivity contribution in [2.45, 2.75) is 19.7 Å². The first-order valence-electron chi connectivity index (χ1n) is 9.45. The molecule has 3 aromatic rings. The molecule has 30 heavy (non-hydrogen) atoms. The van der Waals surface area contributed by atoms with Gasteiger partial charge < -0.3 is 24.3 Å². The van der Waals surface area contributed by atoms with Crippen LogP contribution in [0.5, 0.6) is 23.0 Å². The molecule has 0 radical (unpaired) electrons. The van der Waals surface area contributed by atoms with Gasteiger partial charge in [0.2, 0.25) is 6.79 Å². The van der Waals surface area contributed by atoms with E-state index in [4.69, 9.17) is 30.5 Å². The van der Waals surface area contributed by atoms with E-state index < -0.39 is 0 Å². The number of fused-ring (bicyclic) bond motifs is 1. The van der Waals surface area contributed by atoms with Gasteiger partial charge >= 0.3 is 0 Å². The number of ether oxygens (including phenoxy) is 4. The van der Waals surface area contributed by atoms with Crippen LogP contribution in [0, 0.1) is 0 Å². The van der Waals surface area contributed by atoms with E-state index in [1.54, 1.807) is 7.11 Å². The highest BCUT2D eigenvalue weighted by molar-refractivity contribution is 9.10. The maximum Gasteiger partial charge on any atom is 0.231 e. The van der Waals surface area contributed by atoms with Crippen LogP contribution in [0.15, 0.2) is 59.1 Å². The first-order valence-corrected chi connectivity index (χ1v) is 10.6. The largest absolute Gasteiger partial charge is 0.493 e. The molecule has 0 saturated carbocycles. The van der Waals surface area contributed by atoms with Crippen LogP contribution in [0.25, 0.3) is 0 Å². The predicted molar refractivity (Wildman–Crippen MR) is 120 cm³/mol. The highest BCUT2D eigenvalue weighted by Gasteiger charge is 2.14. The Morgan fingerprint density at radius 2 is 1.83 bits per heavy atom. The zero-order chi connectivity index (χ0) is 20.9. The van der Waals surface area contributed by atoms with E-state index in [2.05, 4.69) is 21.2 Å². The maximum atomic E-state index is 6.04. The van der Waals surface area contributed by atoms with Gasteiger partial charge in [0, 0.05) is 22.6 Å². The van der Waals surface area contributed by atoms with Gasteiger partial charge in [-0.25, -0.2) is 0 Å². The summed E-state index contributed by atoms with van der Waals surface area (Å²) in [6, 6.07) is 17.5. The van der Waals surface area contributed by atoms with Crippen molar-refractivity contribution in [3.63, 3.8) is 0 Å². The van der Waals surface area contributed by atoms with E-state index >= 15 is 0 Å². The van der Waals surface area contributed by atoms with Crippen LogP contribution >= 0.6 is 27.5 Å². The minimum atomic E-state index is 0.282. The first-order chi connectivity index (χ1) is 14.6. The molecular formula is C23H21BrClNO4. The molecule has 0 bridgehead atoms. The molecule has 1 aliphatic rings. The lowest BCUT2D eigenvalue weighted by molar-refractivity contribution is 0.174. The molecule has 1 aliphatic heterocycles. The molecule has 0 aliphatic carbocycles. The molecule has 5 nitrogen and oxygen atoms in total. The van der Waals surface area contributed by atoms with Gasteiger partial charge in [-0.3, -0.25) is 0 Å². The van der Waals surface area contributed by atoms with Crippen molar-refractivity contribution in [3.05, 3.63) is 80.8 Å². The summed E-state index contributed by atoms with van der Waals surface area (Å²) in [6.07, 6.45) is 0. The molecule has 1 N–H and O–H groups in total. The fourth-order valence-corrected chi connectivity index (χ4v) is 3.84. The topological polar surface area (TPSA) is 49.0 Å². The second kappa shape index (κ2) is 9.60. The summed E-state index contributed by atoms with van der Waals surface area (Å²) in [6.45, 7) is 2.06. The smallest absolute Gasteiger partial charge is 0.231 e. The Kier molecular flexibility index (Phi) is 6.67. The summed E-state index contributed by atoms with van der Waals surface area (Å²) in [5, 5.41) is 4.14. The molecule has 0 amide bonds. The third-order valence-corrected chi connectivity index (χ3v) is 5.67. The molecular weight excluding hydrogens is 470 g/mol. The Hall–Kier alpha value is -2.41. The van der Waals surface area contributed by atoms with Gasteiger partial charge in [0.05, 0.1) is 7.11 Å². The SMILES string of the molecule is COc1cc(CNCc2ccc3c(c2)OCO3)c(Br)cc1OCc1cccc(Cl)c1. The van der Waals surface area contributed by atoms with Crippen LogP contribution in [-0.4, -0.2) is 13.9 Å². The fraction of sp³-hybridized carbons (Fsp3) is 0.217. The molecule has 4 rings (SSSR count). The van der Waals surface area contributed by atoms with E-state index in [9.17, 15) is 0 Å². The fourth-order valence-electron chi connectivity index (χ4n) is 3.17. The summed E-state index contributed by atoms with van der Waals surface area (Å²) in [4.78, 5) is 0. The molecule has 0 fully saturated rings. The second-order valence-electron chi connectivity index (χ2n) is 6.80. The van der Waals surface area contributed by atoms with Crippen LogP contribution < -0.4 is 24.3 Å². The van der Waals surface area contributed by atoms with Gasteiger partial charge in [0.1, 0.15) is 6.61 Å². The first kappa shape index (κ1) is 20.8. The number of nitrogens with one attached hydrogen (secondary N) is 1. The van der Waals surface area contributed by atoms with Crippen molar-refractivity contribution in [1.29, 1.82) is 0 Å². The zero-order valence-electron chi connectivity index (χ0n) is 16.4. The molecule has 7 heteroatoms. The lowest BCUT2D eigenvalue weighted by atomic mass is 10.1. The Bertz CT molecular complexity index is 1040. The Morgan fingerprint density at radius 3 is 2.67 bits per heavy atom. The summed E-state index contributed by atoms with van der Waals surface area (Å²) in [5.41, 5.74) is 3.20. The van der Waals surface area contributed by atoms with Crippen molar-refractivity contribution in [2.75, 3.05) is 13.9 Å². The van der Waals surface area contributed by atoms with Crippen LogP contribution in [-0.2, 0) is 19.7 Å². The van der Waals surface area contributed by atoms with Crippen LogP contribution in [0.2, 0.25) is 5.02 Å². The predicted octanol–water partition coefficient (Wildman–Crippen LogP) is 5.71. The Balaban J connectivity index is 1.39. The number of hydrogen-bond donors (Lipinski definition) is 1. The van der Waals surface area contributed by atoms with E-state index in [-0.39, 0.29) is 6.79 Å².